The van der Waals surface area contributed by atoms with Crippen LogP contribution in [0.5, 0.6) is 0 Å². The molecular weight excluding hydrogens is 286 g/mol. The van der Waals surface area contributed by atoms with Gasteiger partial charge in [-0.2, -0.15) is 11.8 Å². The number of carbonyl (C=O) groups excluding carboxylic acids is 2. The monoisotopic (exact) mass is 301 g/mol. The number of halogens is 1. The molecule has 1 N–H and O–H groups in total. The Morgan fingerprint density at radius 3 is 2.68 bits per heavy atom. The lowest BCUT2D eigenvalue weighted by Crippen LogP contribution is -2.42. The Balaban J connectivity index is 2.76. The van der Waals surface area contributed by atoms with Crippen LogP contribution in [0.2, 0.25) is 5.02 Å². The fraction of sp³-hybridized carbons (Fsp3) is 0.385. The van der Waals surface area contributed by atoms with Crippen molar-refractivity contribution in [2.24, 2.45) is 0 Å². The number of thioether (sulfide) groups is 1. The molecule has 6 heteroatoms. The Labute approximate surface area is 121 Å². The van der Waals surface area contributed by atoms with Gasteiger partial charge < -0.3 is 10.1 Å². The maximum absolute atomic E-state index is 12.0. The molecule has 0 bridgehead atoms. The van der Waals surface area contributed by atoms with Gasteiger partial charge in [0.1, 0.15) is 6.04 Å². The Morgan fingerprint density at radius 1 is 1.42 bits per heavy atom. The molecule has 0 saturated heterocycles. The second kappa shape index (κ2) is 8.07. The van der Waals surface area contributed by atoms with E-state index in [0.29, 0.717) is 17.0 Å². The molecule has 0 aliphatic heterocycles. The van der Waals surface area contributed by atoms with E-state index in [1.165, 1.54) is 7.11 Å². The first kappa shape index (κ1) is 15.9. The third-order valence-corrected chi connectivity index (χ3v) is 3.49. The number of nitrogens with one attached hydrogen (secondary N) is 1. The predicted molar refractivity (Wildman–Crippen MR) is 77.7 cm³/mol. The number of carbonyl (C=O) groups is 2. The van der Waals surface area contributed by atoms with Crippen LogP contribution in [-0.4, -0.2) is 37.0 Å². The molecule has 0 radical (unpaired) electrons. The van der Waals surface area contributed by atoms with Crippen LogP contribution in [0.3, 0.4) is 0 Å². The summed E-state index contributed by atoms with van der Waals surface area (Å²) in [5.74, 6) is -0.0701. The van der Waals surface area contributed by atoms with E-state index in [0.717, 1.165) is 5.75 Å². The quantitative estimate of drug-likeness (QED) is 0.820. The highest BCUT2D eigenvalue weighted by molar-refractivity contribution is 7.98. The zero-order valence-corrected chi connectivity index (χ0v) is 12.4. The van der Waals surface area contributed by atoms with Crippen LogP contribution in [0.25, 0.3) is 0 Å². The van der Waals surface area contributed by atoms with Crippen molar-refractivity contribution >= 4 is 35.2 Å². The van der Waals surface area contributed by atoms with Gasteiger partial charge in [-0.15, -0.1) is 0 Å². The van der Waals surface area contributed by atoms with Crippen molar-refractivity contribution in [3.05, 3.63) is 34.9 Å². The molecule has 1 aromatic rings. The number of hydrogen-bond donors (Lipinski definition) is 1. The largest absolute Gasteiger partial charge is 0.467 e. The van der Waals surface area contributed by atoms with Crippen molar-refractivity contribution in [3.63, 3.8) is 0 Å². The summed E-state index contributed by atoms with van der Waals surface area (Å²) in [5.41, 5.74) is 0.349. The van der Waals surface area contributed by atoms with Gasteiger partial charge >= 0.3 is 5.97 Å². The van der Waals surface area contributed by atoms with Crippen LogP contribution in [0, 0.1) is 0 Å². The zero-order valence-electron chi connectivity index (χ0n) is 10.8. The third kappa shape index (κ3) is 4.76. The lowest BCUT2D eigenvalue weighted by molar-refractivity contribution is -0.142. The van der Waals surface area contributed by atoms with Crippen molar-refractivity contribution in [1.29, 1.82) is 0 Å². The van der Waals surface area contributed by atoms with E-state index in [2.05, 4.69) is 10.1 Å². The number of ether oxygens (including phenoxy) is 1. The Kier molecular flexibility index (Phi) is 6.73. The molecule has 1 aromatic carbocycles. The highest BCUT2D eigenvalue weighted by Gasteiger charge is 2.22. The van der Waals surface area contributed by atoms with Crippen LogP contribution in [-0.2, 0) is 9.53 Å². The van der Waals surface area contributed by atoms with Gasteiger partial charge in [0.25, 0.3) is 5.91 Å². The minimum Gasteiger partial charge on any atom is -0.467 e. The minimum absolute atomic E-state index is 0.349. The normalized spacial score (nSPS) is 11.7. The molecule has 0 aromatic heterocycles. The Hall–Kier alpha value is -1.20. The van der Waals surface area contributed by atoms with Crippen LogP contribution >= 0.6 is 23.4 Å². The Bertz CT molecular complexity index is 453. The summed E-state index contributed by atoms with van der Waals surface area (Å²) in [6, 6.07) is 6.05. The molecule has 0 saturated carbocycles. The summed E-state index contributed by atoms with van der Waals surface area (Å²) in [6.45, 7) is 0. The van der Waals surface area contributed by atoms with Gasteiger partial charge in [0, 0.05) is 0 Å². The number of hydrogen-bond acceptors (Lipinski definition) is 4. The maximum atomic E-state index is 12.0. The summed E-state index contributed by atoms with van der Waals surface area (Å²) >= 11 is 7.54. The maximum Gasteiger partial charge on any atom is 0.328 e. The second-order valence-electron chi connectivity index (χ2n) is 3.81. The molecule has 104 valence electrons. The molecule has 0 aliphatic carbocycles. The molecule has 0 spiro atoms. The van der Waals surface area contributed by atoms with Crippen molar-refractivity contribution in [2.75, 3.05) is 19.1 Å². The van der Waals surface area contributed by atoms with Gasteiger partial charge in [0.2, 0.25) is 0 Å². The number of amides is 1. The van der Waals surface area contributed by atoms with Gasteiger partial charge in [-0.05, 0) is 30.6 Å². The molecule has 1 rings (SSSR count). The van der Waals surface area contributed by atoms with Gasteiger partial charge in [0.15, 0.2) is 0 Å². The molecule has 1 amide bonds. The second-order valence-corrected chi connectivity index (χ2v) is 5.20. The van der Waals surface area contributed by atoms with E-state index >= 15 is 0 Å². The predicted octanol–water partition coefficient (Wildman–Crippen LogP) is 2.36. The topological polar surface area (TPSA) is 55.4 Å². The van der Waals surface area contributed by atoms with E-state index in [4.69, 9.17) is 11.6 Å². The van der Waals surface area contributed by atoms with Gasteiger partial charge in [0.05, 0.1) is 17.7 Å². The first-order valence-corrected chi connectivity index (χ1v) is 7.49. The van der Waals surface area contributed by atoms with Crippen molar-refractivity contribution in [1.82, 2.24) is 5.32 Å². The smallest absolute Gasteiger partial charge is 0.328 e. The van der Waals surface area contributed by atoms with E-state index in [-0.39, 0.29) is 5.91 Å². The average molecular weight is 302 g/mol. The number of esters is 1. The number of methoxy groups -OCH3 is 1. The zero-order chi connectivity index (χ0) is 14.3. The first-order chi connectivity index (χ1) is 9.10. The van der Waals surface area contributed by atoms with E-state index in [1.807, 2.05) is 6.26 Å². The van der Waals surface area contributed by atoms with E-state index in [1.54, 1.807) is 36.0 Å². The van der Waals surface area contributed by atoms with Crippen LogP contribution in [0.4, 0.5) is 0 Å². The van der Waals surface area contributed by atoms with Crippen LogP contribution in [0.15, 0.2) is 24.3 Å². The SMILES string of the molecule is COC(=O)C(CCSC)NC(=O)c1ccccc1Cl. The first-order valence-electron chi connectivity index (χ1n) is 5.72. The third-order valence-electron chi connectivity index (χ3n) is 2.52. The van der Waals surface area contributed by atoms with E-state index < -0.39 is 12.0 Å². The minimum atomic E-state index is -0.652. The summed E-state index contributed by atoms with van der Waals surface area (Å²) in [6.07, 6.45) is 2.45. The molecule has 0 aliphatic rings. The Morgan fingerprint density at radius 2 is 2.11 bits per heavy atom. The number of rotatable bonds is 6. The molecule has 19 heavy (non-hydrogen) atoms. The van der Waals surface area contributed by atoms with Gasteiger partial charge in [-0.1, -0.05) is 23.7 Å². The fourth-order valence-electron chi connectivity index (χ4n) is 1.51. The van der Waals surface area contributed by atoms with Crippen molar-refractivity contribution < 1.29 is 14.3 Å². The fourth-order valence-corrected chi connectivity index (χ4v) is 2.20. The summed E-state index contributed by atoms with van der Waals surface area (Å²) in [7, 11) is 1.30. The van der Waals surface area contributed by atoms with Crippen LogP contribution < -0.4 is 5.32 Å². The summed E-state index contributed by atoms with van der Waals surface area (Å²) in [5, 5.41) is 3.00. The lowest BCUT2D eigenvalue weighted by Gasteiger charge is -2.16. The molecule has 0 fully saturated rings. The van der Waals surface area contributed by atoms with Gasteiger partial charge in [-0.3, -0.25) is 4.79 Å². The molecule has 0 heterocycles. The lowest BCUT2D eigenvalue weighted by atomic mass is 10.1. The molecule has 1 unspecified atom stereocenters. The highest BCUT2D eigenvalue weighted by atomic mass is 35.5. The van der Waals surface area contributed by atoms with Crippen molar-refractivity contribution in [2.45, 2.75) is 12.5 Å². The highest BCUT2D eigenvalue weighted by Crippen LogP contribution is 2.15. The number of benzene rings is 1. The standard InChI is InChI=1S/C13H16ClNO3S/c1-18-13(17)11(7-8-19-2)15-12(16)9-5-3-4-6-10(9)14/h3-6,11H,7-8H2,1-2H3,(H,15,16). The van der Waals surface area contributed by atoms with Gasteiger partial charge in [-0.25, -0.2) is 4.79 Å². The summed E-state index contributed by atoms with van der Waals surface area (Å²) < 4.78 is 4.68. The molecule has 1 atom stereocenters. The van der Waals surface area contributed by atoms with E-state index in [9.17, 15) is 9.59 Å². The van der Waals surface area contributed by atoms with Crippen LogP contribution in [0.1, 0.15) is 16.8 Å². The molecular formula is C13H16ClNO3S. The summed E-state index contributed by atoms with van der Waals surface area (Å²) in [4.78, 5) is 23.6. The van der Waals surface area contributed by atoms with Crippen molar-refractivity contribution in [3.8, 4) is 0 Å². The molecule has 4 nitrogen and oxygen atoms in total. The average Bonchev–Trinajstić information content (AvgIpc) is 2.42.